The molecule has 6 nitrogen and oxygen atoms in total. The quantitative estimate of drug-likeness (QED) is 0.279. The fourth-order valence-electron chi connectivity index (χ4n) is 4.33. The maximum Gasteiger partial charge on any atom is 0.259 e. The first kappa shape index (κ1) is 24.9. The van der Waals surface area contributed by atoms with E-state index in [0.717, 1.165) is 22.2 Å². The monoisotopic (exact) mass is 507 g/mol. The Balaban J connectivity index is 1.38. The van der Waals surface area contributed by atoms with Crippen LogP contribution in [0, 0.1) is 5.82 Å². The molecule has 38 heavy (non-hydrogen) atoms. The molecule has 0 unspecified atom stereocenters. The van der Waals surface area contributed by atoms with Crippen molar-refractivity contribution in [3.63, 3.8) is 0 Å². The Kier molecular flexibility index (Phi) is 7.26. The molecular formula is C31H26FN3O3. The molecule has 3 aromatic carbocycles. The number of carbonyl (C=O) groups is 1. The highest BCUT2D eigenvalue weighted by atomic mass is 19.1. The van der Waals surface area contributed by atoms with Gasteiger partial charge in [0.15, 0.2) is 0 Å². The summed E-state index contributed by atoms with van der Waals surface area (Å²) in [5.41, 5.74) is 3.20. The second-order valence-corrected chi connectivity index (χ2v) is 9.08. The average molecular weight is 508 g/mol. The molecule has 0 aliphatic carbocycles. The number of halogens is 1. The minimum absolute atomic E-state index is 0.120. The van der Waals surface area contributed by atoms with Gasteiger partial charge in [0.2, 0.25) is 5.43 Å². The summed E-state index contributed by atoms with van der Waals surface area (Å²) in [5, 5.41) is 0.504. The lowest BCUT2D eigenvalue weighted by Gasteiger charge is -2.23. The van der Waals surface area contributed by atoms with Gasteiger partial charge in [-0.2, -0.15) is 0 Å². The van der Waals surface area contributed by atoms with E-state index in [4.69, 9.17) is 4.74 Å². The van der Waals surface area contributed by atoms with Crippen LogP contribution in [0.25, 0.3) is 10.9 Å². The molecule has 0 bridgehead atoms. The van der Waals surface area contributed by atoms with E-state index in [1.165, 1.54) is 12.1 Å². The Labute approximate surface area is 219 Å². The SMILES string of the molecule is Cn1cc(C(=O)N(Cc2ccc(OCc3ccc(F)cc3)cc2)Cc2cccnc2)c(=O)c2ccccc21. The van der Waals surface area contributed by atoms with Crippen molar-refractivity contribution in [3.8, 4) is 5.75 Å². The van der Waals surface area contributed by atoms with Gasteiger partial charge in [-0.1, -0.05) is 42.5 Å². The first-order valence-corrected chi connectivity index (χ1v) is 12.2. The van der Waals surface area contributed by atoms with Gasteiger partial charge in [0.25, 0.3) is 5.91 Å². The van der Waals surface area contributed by atoms with Crippen molar-refractivity contribution in [3.05, 3.63) is 142 Å². The number of nitrogens with zero attached hydrogens (tertiary/aromatic N) is 3. The molecule has 0 saturated carbocycles. The first-order valence-electron chi connectivity index (χ1n) is 12.2. The van der Waals surface area contributed by atoms with E-state index in [-0.39, 0.29) is 22.7 Å². The fourth-order valence-corrected chi connectivity index (χ4v) is 4.33. The number of rotatable bonds is 8. The number of pyridine rings is 2. The molecule has 7 heteroatoms. The zero-order valence-electron chi connectivity index (χ0n) is 20.9. The predicted molar refractivity (Wildman–Crippen MR) is 144 cm³/mol. The van der Waals surface area contributed by atoms with Crippen molar-refractivity contribution in [1.29, 1.82) is 0 Å². The van der Waals surface area contributed by atoms with Crippen molar-refractivity contribution in [2.75, 3.05) is 0 Å². The zero-order chi connectivity index (χ0) is 26.5. The number of fused-ring (bicyclic) bond motifs is 1. The van der Waals surface area contributed by atoms with Crippen molar-refractivity contribution >= 4 is 16.8 Å². The second-order valence-electron chi connectivity index (χ2n) is 9.08. The van der Waals surface area contributed by atoms with Crippen LogP contribution in [-0.2, 0) is 26.7 Å². The van der Waals surface area contributed by atoms with Crippen molar-refractivity contribution in [2.24, 2.45) is 7.05 Å². The van der Waals surface area contributed by atoms with Crippen LogP contribution in [0.3, 0.4) is 0 Å². The maximum absolute atomic E-state index is 13.8. The largest absolute Gasteiger partial charge is 0.489 e. The van der Waals surface area contributed by atoms with E-state index < -0.39 is 0 Å². The lowest BCUT2D eigenvalue weighted by atomic mass is 10.1. The summed E-state index contributed by atoms with van der Waals surface area (Å²) < 4.78 is 20.7. The first-order chi connectivity index (χ1) is 18.5. The third-order valence-corrected chi connectivity index (χ3v) is 6.33. The number of aryl methyl sites for hydroxylation is 1. The minimum atomic E-state index is -0.350. The van der Waals surface area contributed by atoms with E-state index in [1.807, 2.05) is 55.6 Å². The summed E-state index contributed by atoms with van der Waals surface area (Å²) >= 11 is 0. The molecule has 0 fully saturated rings. The third-order valence-electron chi connectivity index (χ3n) is 6.33. The Morgan fingerprint density at radius 1 is 0.895 bits per heavy atom. The molecule has 0 saturated heterocycles. The number of aromatic nitrogens is 2. The van der Waals surface area contributed by atoms with Gasteiger partial charge in [-0.3, -0.25) is 14.6 Å². The molecule has 190 valence electrons. The van der Waals surface area contributed by atoms with Crippen LogP contribution >= 0.6 is 0 Å². The number of amides is 1. The molecule has 0 aliphatic rings. The van der Waals surface area contributed by atoms with E-state index in [2.05, 4.69) is 4.98 Å². The van der Waals surface area contributed by atoms with Gasteiger partial charge < -0.3 is 14.2 Å². The van der Waals surface area contributed by atoms with Gasteiger partial charge in [0.1, 0.15) is 23.7 Å². The Bertz CT molecular complexity index is 1620. The van der Waals surface area contributed by atoms with E-state index >= 15 is 0 Å². The van der Waals surface area contributed by atoms with Gasteiger partial charge >= 0.3 is 0 Å². The molecule has 0 spiro atoms. The van der Waals surface area contributed by atoms with Crippen molar-refractivity contribution in [1.82, 2.24) is 14.5 Å². The number of hydrogen-bond donors (Lipinski definition) is 0. The number of hydrogen-bond acceptors (Lipinski definition) is 4. The topological polar surface area (TPSA) is 64.4 Å². The molecule has 5 rings (SSSR count). The van der Waals surface area contributed by atoms with Crippen LogP contribution < -0.4 is 10.2 Å². The molecule has 2 aromatic heterocycles. The summed E-state index contributed by atoms with van der Waals surface area (Å²) in [7, 11) is 1.83. The standard InChI is InChI=1S/C31H26FN3O3/c1-34-20-28(30(36)27-6-2-3-7-29(27)34)31(37)35(19-24-5-4-16-33-17-24)18-22-10-14-26(15-11-22)38-21-23-8-12-25(32)13-9-23/h2-17,20H,18-19,21H2,1H3. The van der Waals surface area contributed by atoms with Crippen LogP contribution in [0.1, 0.15) is 27.0 Å². The summed E-state index contributed by atoms with van der Waals surface area (Å²) in [4.78, 5) is 32.9. The van der Waals surface area contributed by atoms with E-state index in [0.29, 0.717) is 30.8 Å². The second kappa shape index (κ2) is 11.1. The predicted octanol–water partition coefficient (Wildman–Crippen LogP) is 5.49. The third kappa shape index (κ3) is 5.62. The highest BCUT2D eigenvalue weighted by Crippen LogP contribution is 2.19. The summed E-state index contributed by atoms with van der Waals surface area (Å²) in [6, 6.07) is 24.6. The van der Waals surface area contributed by atoms with E-state index in [9.17, 15) is 14.0 Å². The number of ether oxygens (including phenoxy) is 1. The highest BCUT2D eigenvalue weighted by molar-refractivity contribution is 5.97. The molecule has 0 aliphatic heterocycles. The van der Waals surface area contributed by atoms with Crippen LogP contribution in [0.15, 0.2) is 108 Å². The summed E-state index contributed by atoms with van der Waals surface area (Å²) in [6.07, 6.45) is 5.00. The molecule has 1 amide bonds. The minimum Gasteiger partial charge on any atom is -0.489 e. The van der Waals surface area contributed by atoms with Crippen LogP contribution in [-0.4, -0.2) is 20.4 Å². The number of para-hydroxylation sites is 1. The summed E-state index contributed by atoms with van der Waals surface area (Å²) in [5.74, 6) is 0.0217. The van der Waals surface area contributed by atoms with Crippen LogP contribution in [0.4, 0.5) is 4.39 Å². The van der Waals surface area contributed by atoms with Gasteiger partial charge in [0, 0.05) is 44.1 Å². The average Bonchev–Trinajstić information content (AvgIpc) is 2.95. The van der Waals surface area contributed by atoms with Gasteiger partial charge in [0.05, 0.1) is 5.52 Å². The van der Waals surface area contributed by atoms with Gasteiger partial charge in [-0.15, -0.1) is 0 Å². The lowest BCUT2D eigenvalue weighted by molar-refractivity contribution is 0.0728. The molecule has 2 heterocycles. The molecule has 0 atom stereocenters. The van der Waals surface area contributed by atoms with Crippen LogP contribution in [0.5, 0.6) is 5.75 Å². The Hall–Kier alpha value is -4.78. The van der Waals surface area contributed by atoms with Gasteiger partial charge in [-0.25, -0.2) is 4.39 Å². The normalized spacial score (nSPS) is 10.9. The van der Waals surface area contributed by atoms with Crippen LogP contribution in [0.2, 0.25) is 0 Å². The van der Waals surface area contributed by atoms with E-state index in [1.54, 1.807) is 52.3 Å². The van der Waals surface area contributed by atoms with Gasteiger partial charge in [-0.05, 0) is 59.2 Å². The number of benzene rings is 3. The fraction of sp³-hybridized carbons (Fsp3) is 0.129. The maximum atomic E-state index is 13.8. The molecule has 0 N–H and O–H groups in total. The highest BCUT2D eigenvalue weighted by Gasteiger charge is 2.21. The molecule has 5 aromatic rings. The van der Waals surface area contributed by atoms with Crippen molar-refractivity contribution in [2.45, 2.75) is 19.7 Å². The number of carbonyl (C=O) groups excluding carboxylic acids is 1. The zero-order valence-corrected chi connectivity index (χ0v) is 20.9. The lowest BCUT2D eigenvalue weighted by Crippen LogP contribution is -2.34. The molecular weight excluding hydrogens is 481 g/mol. The smallest absolute Gasteiger partial charge is 0.259 e. The molecule has 0 radical (unpaired) electrons. The Morgan fingerprint density at radius 2 is 1.61 bits per heavy atom. The summed E-state index contributed by atoms with van der Waals surface area (Å²) in [6.45, 7) is 0.907. The Morgan fingerprint density at radius 3 is 2.34 bits per heavy atom. The van der Waals surface area contributed by atoms with Crippen molar-refractivity contribution < 1.29 is 13.9 Å².